The summed E-state index contributed by atoms with van der Waals surface area (Å²) in [5, 5.41) is 9.81. The van der Waals surface area contributed by atoms with E-state index in [-0.39, 0.29) is 43.0 Å². The molecule has 10 nitrogen and oxygen atoms in total. The van der Waals surface area contributed by atoms with Crippen LogP contribution in [0, 0.1) is 5.92 Å². The maximum atomic E-state index is 14.7. The molecule has 0 radical (unpaired) electrons. The van der Waals surface area contributed by atoms with Gasteiger partial charge in [0.15, 0.2) is 13.9 Å². The molecule has 43 heavy (non-hydrogen) atoms. The molecular weight excluding hydrogens is 634 g/mol. The third-order valence-corrected chi connectivity index (χ3v) is 12.6. The summed E-state index contributed by atoms with van der Waals surface area (Å²) in [6.07, 6.45) is 0.580. The van der Waals surface area contributed by atoms with E-state index in [0.29, 0.717) is 36.6 Å². The summed E-state index contributed by atoms with van der Waals surface area (Å²) in [6, 6.07) is 13.0. The van der Waals surface area contributed by atoms with Crippen LogP contribution in [0.1, 0.15) is 37.3 Å². The van der Waals surface area contributed by atoms with Gasteiger partial charge in [-0.1, -0.05) is 35.0 Å². The normalized spacial score (nSPS) is 28.7. The SMILES string of the molecule is C[C@@H]1[C@@H]([Si](C)(C)O)[C@H](CC(=O)N2CCC[C@H]2CO)O[C@@]12C(=O)N(Cc1cccc(N3CCOC3=O)c1)c1ccc(Br)cc12. The van der Waals surface area contributed by atoms with E-state index in [2.05, 4.69) is 15.9 Å². The Morgan fingerprint density at radius 2 is 1.95 bits per heavy atom. The van der Waals surface area contributed by atoms with Crippen molar-refractivity contribution in [2.24, 2.45) is 5.92 Å². The molecule has 4 heterocycles. The Hall–Kier alpha value is -2.77. The fourth-order valence-electron chi connectivity index (χ4n) is 7.68. The van der Waals surface area contributed by atoms with E-state index in [1.54, 1.807) is 14.7 Å². The lowest BCUT2D eigenvalue weighted by Gasteiger charge is -2.33. The first-order chi connectivity index (χ1) is 20.5. The van der Waals surface area contributed by atoms with Crippen molar-refractivity contribution in [1.82, 2.24) is 4.90 Å². The second-order valence-corrected chi connectivity index (χ2v) is 17.5. The summed E-state index contributed by atoms with van der Waals surface area (Å²) in [7, 11) is -2.94. The number of carbonyl (C=O) groups is 3. The predicted molar refractivity (Wildman–Crippen MR) is 166 cm³/mol. The van der Waals surface area contributed by atoms with Crippen molar-refractivity contribution in [3.8, 4) is 0 Å². The van der Waals surface area contributed by atoms with E-state index < -0.39 is 32.0 Å². The van der Waals surface area contributed by atoms with Crippen LogP contribution in [0.3, 0.4) is 0 Å². The molecule has 2 aromatic carbocycles. The molecule has 5 atom stereocenters. The average molecular weight is 673 g/mol. The molecule has 0 unspecified atom stereocenters. The van der Waals surface area contributed by atoms with Crippen LogP contribution in [-0.2, 0) is 31.2 Å². The monoisotopic (exact) mass is 671 g/mol. The van der Waals surface area contributed by atoms with Crippen molar-refractivity contribution in [2.75, 3.05) is 36.1 Å². The van der Waals surface area contributed by atoms with Gasteiger partial charge in [-0.05, 0) is 61.8 Å². The van der Waals surface area contributed by atoms with Gasteiger partial charge in [-0.3, -0.25) is 14.5 Å². The first kappa shape index (κ1) is 30.3. The van der Waals surface area contributed by atoms with Crippen molar-refractivity contribution in [2.45, 2.75) is 69.1 Å². The van der Waals surface area contributed by atoms with Crippen LogP contribution < -0.4 is 9.80 Å². The number of hydrogen-bond acceptors (Lipinski definition) is 7. The number of likely N-dealkylation sites (tertiary alicyclic amines) is 1. The number of hydrogen-bond donors (Lipinski definition) is 2. The second kappa shape index (κ2) is 11.3. The van der Waals surface area contributed by atoms with Crippen molar-refractivity contribution < 1.29 is 33.8 Å². The number of aliphatic hydroxyl groups is 1. The molecule has 2 aromatic rings. The summed E-state index contributed by atoms with van der Waals surface area (Å²) < 4.78 is 12.7. The van der Waals surface area contributed by atoms with E-state index in [4.69, 9.17) is 9.47 Å². The van der Waals surface area contributed by atoms with Gasteiger partial charge in [0.2, 0.25) is 5.91 Å². The van der Waals surface area contributed by atoms with Crippen molar-refractivity contribution in [1.29, 1.82) is 0 Å². The van der Waals surface area contributed by atoms with Gasteiger partial charge in [-0.15, -0.1) is 0 Å². The van der Waals surface area contributed by atoms with E-state index in [0.717, 1.165) is 22.9 Å². The molecule has 4 aliphatic rings. The Morgan fingerprint density at radius 3 is 2.65 bits per heavy atom. The molecule has 4 aliphatic heterocycles. The number of nitrogens with zero attached hydrogens (tertiary/aromatic N) is 3. The molecule has 3 amide bonds. The van der Waals surface area contributed by atoms with Gasteiger partial charge in [0.1, 0.15) is 6.61 Å². The number of rotatable bonds is 7. The zero-order chi connectivity index (χ0) is 30.7. The average Bonchev–Trinajstić information content (AvgIpc) is 3.72. The van der Waals surface area contributed by atoms with Gasteiger partial charge in [0.25, 0.3) is 5.91 Å². The van der Waals surface area contributed by atoms with Gasteiger partial charge in [-0.25, -0.2) is 4.79 Å². The highest BCUT2D eigenvalue weighted by molar-refractivity contribution is 9.10. The van der Waals surface area contributed by atoms with Crippen LogP contribution >= 0.6 is 15.9 Å². The third kappa shape index (κ3) is 5.10. The van der Waals surface area contributed by atoms with Crippen LogP contribution in [0.15, 0.2) is 46.9 Å². The molecule has 3 fully saturated rings. The standard InChI is InChI=1S/C31H38BrN3O7Si/c1-19-28(43(2,3)40)26(16-27(37)33-11-5-8-23(33)18-36)42-31(19)24-15-21(32)9-10-25(24)35(29(31)38)17-20-6-4-7-22(14-20)34-12-13-41-30(34)39/h4,6-7,9-10,14-15,19,23,26,28,36,40H,5,8,11-13,16-18H2,1-3H3/t19-,23+,26+,28-,31+/m1/s1. The van der Waals surface area contributed by atoms with Gasteiger partial charge in [0.05, 0.1) is 44.0 Å². The minimum atomic E-state index is -2.94. The third-order valence-electron chi connectivity index (χ3n) is 9.55. The number of carbonyl (C=O) groups excluding carboxylic acids is 3. The lowest BCUT2D eigenvalue weighted by molar-refractivity contribution is -0.150. The predicted octanol–water partition coefficient (Wildman–Crippen LogP) is 4.12. The number of cyclic esters (lactones) is 1. The number of benzene rings is 2. The van der Waals surface area contributed by atoms with Gasteiger partial charge in [-0.2, -0.15) is 0 Å². The molecule has 3 saturated heterocycles. The zero-order valence-corrected chi connectivity index (χ0v) is 27.2. The molecule has 12 heteroatoms. The number of ether oxygens (including phenoxy) is 2. The lowest BCUT2D eigenvalue weighted by atomic mass is 9.82. The molecule has 230 valence electrons. The Bertz CT molecular complexity index is 1450. The Kier molecular flexibility index (Phi) is 7.95. The second-order valence-electron chi connectivity index (χ2n) is 12.6. The van der Waals surface area contributed by atoms with Crippen LogP contribution in [0.5, 0.6) is 0 Å². The minimum absolute atomic E-state index is 0.0366. The fraction of sp³-hybridized carbons (Fsp3) is 0.516. The largest absolute Gasteiger partial charge is 0.447 e. The summed E-state index contributed by atoms with van der Waals surface area (Å²) in [5.74, 6) is -0.754. The fourth-order valence-corrected chi connectivity index (χ4v) is 10.6. The Labute approximate surface area is 260 Å². The summed E-state index contributed by atoms with van der Waals surface area (Å²) in [4.78, 5) is 56.9. The van der Waals surface area contributed by atoms with Gasteiger partial charge < -0.3 is 29.2 Å². The molecule has 0 saturated carbocycles. The molecule has 0 aromatic heterocycles. The molecule has 1 spiro atoms. The number of amides is 3. The summed E-state index contributed by atoms with van der Waals surface area (Å²) in [5.41, 5.74) is 1.22. The first-order valence-electron chi connectivity index (χ1n) is 14.9. The van der Waals surface area contributed by atoms with Crippen LogP contribution in [-0.4, -0.2) is 79.5 Å². The van der Waals surface area contributed by atoms with Gasteiger partial charge in [0, 0.05) is 33.7 Å². The number of anilines is 2. The first-order valence-corrected chi connectivity index (χ1v) is 18.7. The Balaban J connectivity index is 1.35. The van der Waals surface area contributed by atoms with E-state index in [1.807, 2.05) is 62.5 Å². The number of halogens is 1. The zero-order valence-electron chi connectivity index (χ0n) is 24.7. The van der Waals surface area contributed by atoms with Crippen LogP contribution in [0.25, 0.3) is 0 Å². The van der Waals surface area contributed by atoms with E-state index in [1.165, 1.54) is 0 Å². The molecular formula is C31H38BrN3O7Si. The quantitative estimate of drug-likeness (QED) is 0.425. The summed E-state index contributed by atoms with van der Waals surface area (Å²) >= 11 is 3.58. The van der Waals surface area contributed by atoms with Gasteiger partial charge >= 0.3 is 6.09 Å². The number of aliphatic hydroxyl groups excluding tert-OH is 1. The summed E-state index contributed by atoms with van der Waals surface area (Å²) in [6.45, 7) is 7.19. The van der Waals surface area contributed by atoms with Crippen molar-refractivity contribution in [3.05, 3.63) is 58.1 Å². The molecule has 0 aliphatic carbocycles. The highest BCUT2D eigenvalue weighted by Crippen LogP contribution is 2.60. The molecule has 0 bridgehead atoms. The number of fused-ring (bicyclic) bond motifs is 2. The maximum absolute atomic E-state index is 14.7. The minimum Gasteiger partial charge on any atom is -0.447 e. The molecule has 6 rings (SSSR count). The lowest BCUT2D eigenvalue weighted by Crippen LogP contribution is -2.46. The highest BCUT2D eigenvalue weighted by Gasteiger charge is 2.66. The van der Waals surface area contributed by atoms with E-state index in [9.17, 15) is 24.3 Å². The topological polar surface area (TPSA) is 120 Å². The van der Waals surface area contributed by atoms with Crippen molar-refractivity contribution >= 4 is 53.5 Å². The molecule has 2 N–H and O–H groups in total. The van der Waals surface area contributed by atoms with Crippen molar-refractivity contribution in [3.63, 3.8) is 0 Å². The maximum Gasteiger partial charge on any atom is 0.414 e. The Morgan fingerprint density at radius 1 is 1.16 bits per heavy atom. The smallest absolute Gasteiger partial charge is 0.414 e. The van der Waals surface area contributed by atoms with Crippen LogP contribution in [0.2, 0.25) is 18.6 Å². The highest BCUT2D eigenvalue weighted by atomic mass is 79.9. The van der Waals surface area contributed by atoms with Crippen LogP contribution in [0.4, 0.5) is 16.2 Å². The van der Waals surface area contributed by atoms with E-state index >= 15 is 0 Å².